The zero-order valence-electron chi connectivity index (χ0n) is 12.0. The molecule has 0 fully saturated rings. The van der Waals surface area contributed by atoms with Crippen LogP contribution in [-0.2, 0) is 0 Å². The molecule has 0 radical (unpaired) electrons. The number of methoxy groups -OCH3 is 1. The first-order valence-electron chi connectivity index (χ1n) is 6.79. The Kier molecular flexibility index (Phi) is 3.80. The topological polar surface area (TPSA) is 58.8 Å². The molecule has 0 aliphatic carbocycles. The van der Waals surface area contributed by atoms with Crippen molar-refractivity contribution in [2.75, 3.05) is 7.11 Å². The second-order valence-electron chi connectivity index (χ2n) is 4.63. The molecular formula is C18H13N3O. The summed E-state index contributed by atoms with van der Waals surface area (Å²) in [6.45, 7) is 0. The molecule has 4 heteroatoms. The van der Waals surface area contributed by atoms with Gasteiger partial charge in [-0.1, -0.05) is 36.4 Å². The summed E-state index contributed by atoms with van der Waals surface area (Å²) in [7, 11) is 1.51. The molecule has 0 amide bonds. The van der Waals surface area contributed by atoms with Crippen molar-refractivity contribution in [3.8, 4) is 34.5 Å². The van der Waals surface area contributed by atoms with E-state index >= 15 is 0 Å². The van der Waals surface area contributed by atoms with Crippen LogP contribution in [0.3, 0.4) is 0 Å². The number of hydrogen-bond donors (Lipinski definition) is 0. The number of nitrogens with zero attached hydrogens (tertiary/aromatic N) is 3. The summed E-state index contributed by atoms with van der Waals surface area (Å²) in [5.41, 5.74) is 3.53. The first kappa shape index (κ1) is 13.8. The Hall–Kier alpha value is -3.19. The zero-order chi connectivity index (χ0) is 15.4. The minimum absolute atomic E-state index is 0.310. The summed E-state index contributed by atoms with van der Waals surface area (Å²) in [5, 5.41) is 9.46. The Morgan fingerprint density at radius 2 is 1.77 bits per heavy atom. The van der Waals surface area contributed by atoms with E-state index in [0.29, 0.717) is 17.0 Å². The minimum atomic E-state index is 0.310. The van der Waals surface area contributed by atoms with Crippen molar-refractivity contribution in [3.05, 3.63) is 66.4 Å². The lowest BCUT2D eigenvalue weighted by Gasteiger charge is -2.11. The van der Waals surface area contributed by atoms with Gasteiger partial charge in [-0.2, -0.15) is 5.26 Å². The Labute approximate surface area is 128 Å². The van der Waals surface area contributed by atoms with Gasteiger partial charge in [0.25, 0.3) is 0 Å². The third-order valence-corrected chi connectivity index (χ3v) is 3.30. The van der Waals surface area contributed by atoms with E-state index < -0.39 is 0 Å². The Bertz CT molecular complexity index is 824. The van der Waals surface area contributed by atoms with Crippen LogP contribution >= 0.6 is 0 Å². The smallest absolute Gasteiger partial charge is 0.232 e. The maximum atomic E-state index is 9.46. The van der Waals surface area contributed by atoms with Crippen LogP contribution in [0, 0.1) is 11.3 Å². The first-order valence-corrected chi connectivity index (χ1v) is 6.79. The van der Waals surface area contributed by atoms with E-state index in [0.717, 1.165) is 17.0 Å². The van der Waals surface area contributed by atoms with Gasteiger partial charge < -0.3 is 4.74 Å². The molecule has 4 nitrogen and oxygen atoms in total. The molecule has 0 N–H and O–H groups in total. The summed E-state index contributed by atoms with van der Waals surface area (Å²) in [6, 6.07) is 19.4. The van der Waals surface area contributed by atoms with Gasteiger partial charge in [0.15, 0.2) is 0 Å². The van der Waals surface area contributed by atoms with Gasteiger partial charge in [-0.05, 0) is 18.2 Å². The summed E-state index contributed by atoms with van der Waals surface area (Å²) in [5.74, 6) is 0.310. The molecule has 0 saturated carbocycles. The SMILES string of the molecule is COc1nc(-c2ccccc2)cc(-c2ccccn2)c1C#N. The van der Waals surface area contributed by atoms with Crippen LogP contribution in [0.5, 0.6) is 5.88 Å². The van der Waals surface area contributed by atoms with Crippen LogP contribution in [0.25, 0.3) is 22.5 Å². The van der Waals surface area contributed by atoms with Crippen molar-refractivity contribution < 1.29 is 4.74 Å². The molecule has 2 heterocycles. The summed E-state index contributed by atoms with van der Waals surface area (Å²) < 4.78 is 5.30. The van der Waals surface area contributed by atoms with Crippen LogP contribution in [0.1, 0.15) is 5.56 Å². The van der Waals surface area contributed by atoms with E-state index in [-0.39, 0.29) is 0 Å². The van der Waals surface area contributed by atoms with Gasteiger partial charge in [0.1, 0.15) is 11.6 Å². The van der Waals surface area contributed by atoms with Gasteiger partial charge in [0.05, 0.1) is 18.5 Å². The quantitative estimate of drug-likeness (QED) is 0.737. The number of aromatic nitrogens is 2. The molecular weight excluding hydrogens is 274 g/mol. The Morgan fingerprint density at radius 1 is 1.00 bits per heavy atom. The van der Waals surface area contributed by atoms with E-state index in [9.17, 15) is 5.26 Å². The van der Waals surface area contributed by atoms with Gasteiger partial charge in [0, 0.05) is 17.3 Å². The van der Waals surface area contributed by atoms with Crippen LogP contribution < -0.4 is 4.74 Å². The molecule has 2 aromatic heterocycles. The lowest BCUT2D eigenvalue weighted by molar-refractivity contribution is 0.397. The van der Waals surface area contributed by atoms with Crippen molar-refractivity contribution in [1.82, 2.24) is 9.97 Å². The number of nitriles is 1. The van der Waals surface area contributed by atoms with Crippen LogP contribution in [0.2, 0.25) is 0 Å². The van der Waals surface area contributed by atoms with Gasteiger partial charge in [0.2, 0.25) is 5.88 Å². The lowest BCUT2D eigenvalue weighted by Crippen LogP contribution is -1.98. The predicted octanol–water partition coefficient (Wildman–Crippen LogP) is 3.69. The highest BCUT2D eigenvalue weighted by atomic mass is 16.5. The monoisotopic (exact) mass is 287 g/mol. The summed E-state index contributed by atoms with van der Waals surface area (Å²) >= 11 is 0. The third kappa shape index (κ3) is 2.52. The molecule has 106 valence electrons. The van der Waals surface area contributed by atoms with Gasteiger partial charge in [-0.15, -0.1) is 0 Å². The van der Waals surface area contributed by atoms with Crippen molar-refractivity contribution in [2.24, 2.45) is 0 Å². The first-order chi connectivity index (χ1) is 10.8. The van der Waals surface area contributed by atoms with Crippen molar-refractivity contribution in [1.29, 1.82) is 5.26 Å². The van der Waals surface area contributed by atoms with Crippen molar-refractivity contribution in [3.63, 3.8) is 0 Å². The molecule has 0 spiro atoms. The molecule has 0 aliphatic heterocycles. The number of hydrogen-bond acceptors (Lipinski definition) is 4. The van der Waals surface area contributed by atoms with Crippen molar-refractivity contribution in [2.45, 2.75) is 0 Å². The second kappa shape index (κ2) is 6.06. The maximum absolute atomic E-state index is 9.46. The van der Waals surface area contributed by atoms with Crippen LogP contribution in [0.4, 0.5) is 0 Å². The molecule has 0 aliphatic rings. The molecule has 1 aromatic carbocycles. The highest BCUT2D eigenvalue weighted by molar-refractivity contribution is 5.75. The third-order valence-electron chi connectivity index (χ3n) is 3.30. The highest BCUT2D eigenvalue weighted by Crippen LogP contribution is 2.32. The summed E-state index contributed by atoms with van der Waals surface area (Å²) in [6.07, 6.45) is 1.70. The average molecular weight is 287 g/mol. The predicted molar refractivity (Wildman–Crippen MR) is 84.2 cm³/mol. The number of ether oxygens (including phenoxy) is 1. The van der Waals surface area contributed by atoms with E-state index in [1.807, 2.05) is 54.6 Å². The average Bonchev–Trinajstić information content (AvgIpc) is 2.62. The van der Waals surface area contributed by atoms with Gasteiger partial charge in [-0.25, -0.2) is 4.98 Å². The zero-order valence-corrected chi connectivity index (χ0v) is 12.0. The fourth-order valence-electron chi connectivity index (χ4n) is 2.26. The van der Waals surface area contributed by atoms with E-state index in [1.165, 1.54) is 7.11 Å². The maximum Gasteiger partial charge on any atom is 0.232 e. The minimum Gasteiger partial charge on any atom is -0.480 e. The highest BCUT2D eigenvalue weighted by Gasteiger charge is 2.16. The fraction of sp³-hybridized carbons (Fsp3) is 0.0556. The molecule has 0 saturated heterocycles. The Morgan fingerprint density at radius 3 is 2.41 bits per heavy atom. The van der Waals surface area contributed by atoms with E-state index in [1.54, 1.807) is 6.20 Å². The van der Waals surface area contributed by atoms with E-state index in [2.05, 4.69) is 16.0 Å². The van der Waals surface area contributed by atoms with Crippen LogP contribution in [-0.4, -0.2) is 17.1 Å². The molecule has 3 aromatic rings. The largest absolute Gasteiger partial charge is 0.480 e. The number of pyridine rings is 2. The fourth-order valence-corrected chi connectivity index (χ4v) is 2.26. The molecule has 3 rings (SSSR count). The normalized spacial score (nSPS) is 10.0. The number of rotatable bonds is 3. The van der Waals surface area contributed by atoms with Crippen LogP contribution in [0.15, 0.2) is 60.8 Å². The van der Waals surface area contributed by atoms with E-state index in [4.69, 9.17) is 4.74 Å². The van der Waals surface area contributed by atoms with Gasteiger partial charge >= 0.3 is 0 Å². The molecule has 0 atom stereocenters. The van der Waals surface area contributed by atoms with Crippen molar-refractivity contribution >= 4 is 0 Å². The lowest BCUT2D eigenvalue weighted by atomic mass is 10.0. The Balaban J connectivity index is 2.26. The molecule has 22 heavy (non-hydrogen) atoms. The second-order valence-corrected chi connectivity index (χ2v) is 4.63. The number of benzene rings is 1. The molecule has 0 bridgehead atoms. The standard InChI is InChI=1S/C18H13N3O/c1-22-18-15(12-19)14(16-9-5-6-10-20-16)11-17(21-18)13-7-3-2-4-8-13/h2-11H,1H3. The molecule has 0 unspecified atom stereocenters. The summed E-state index contributed by atoms with van der Waals surface area (Å²) in [4.78, 5) is 8.78. The van der Waals surface area contributed by atoms with Gasteiger partial charge in [-0.3, -0.25) is 4.98 Å².